The minimum atomic E-state index is -1.70. The van der Waals surface area contributed by atoms with Crippen molar-refractivity contribution >= 4 is 75.7 Å². The van der Waals surface area contributed by atoms with Crippen molar-refractivity contribution < 1.29 is 14.3 Å². The largest absolute Gasteiger partial charge is 0.445 e. The summed E-state index contributed by atoms with van der Waals surface area (Å²) in [7, 11) is 1.60. The molecule has 0 aromatic heterocycles. The molecule has 0 heterocycles. The number of benzene rings is 1. The van der Waals surface area contributed by atoms with Crippen LogP contribution in [0, 0.1) is 5.92 Å². The second-order valence-corrected chi connectivity index (χ2v) is 11.1. The molecule has 1 aromatic rings. The molecular formula is C19H21Cl5N2O3. The number of hydrogen-bond acceptors (Lipinski definition) is 3. The molecule has 0 N–H and O–H groups in total. The zero-order valence-electron chi connectivity index (χ0n) is 15.6. The Labute approximate surface area is 195 Å². The van der Waals surface area contributed by atoms with Crippen LogP contribution in [0.2, 0.25) is 0 Å². The lowest BCUT2D eigenvalue weighted by molar-refractivity contribution is -0.120. The summed E-state index contributed by atoms with van der Waals surface area (Å²) in [6.45, 7) is -0.375. The SMILES string of the molecule is CN(C(=O)OCC(Cl)(Cl)Cl)C1CC(Cl)CC1N(C(=O)[C@H]1C[C@@H]1Cl)c1ccccc1. The smallest absolute Gasteiger partial charge is 0.409 e. The number of para-hydroxylation sites is 1. The predicted molar refractivity (Wildman–Crippen MR) is 118 cm³/mol. The molecule has 29 heavy (non-hydrogen) atoms. The van der Waals surface area contributed by atoms with Crippen molar-refractivity contribution in [3.63, 3.8) is 0 Å². The molecule has 0 saturated heterocycles. The molecule has 2 aliphatic carbocycles. The van der Waals surface area contributed by atoms with Gasteiger partial charge < -0.3 is 14.5 Å². The second kappa shape index (κ2) is 9.27. The average Bonchev–Trinajstić information content (AvgIpc) is 3.28. The molecule has 0 radical (unpaired) electrons. The van der Waals surface area contributed by atoms with Crippen LogP contribution in [0.15, 0.2) is 30.3 Å². The topological polar surface area (TPSA) is 49.9 Å². The summed E-state index contributed by atoms with van der Waals surface area (Å²) >= 11 is 29.6. The van der Waals surface area contributed by atoms with Crippen molar-refractivity contribution in [1.29, 1.82) is 0 Å². The highest BCUT2D eigenvalue weighted by Crippen LogP contribution is 2.42. The van der Waals surface area contributed by atoms with Crippen LogP contribution < -0.4 is 4.90 Å². The molecule has 2 amide bonds. The number of ether oxygens (including phenoxy) is 1. The molecule has 3 unspecified atom stereocenters. The molecule has 0 aliphatic heterocycles. The molecule has 10 heteroatoms. The Bertz CT molecular complexity index is 745. The number of likely N-dealkylation sites (N-methyl/N-ethyl adjacent to an activating group) is 1. The third kappa shape index (κ3) is 5.76. The number of nitrogens with zero attached hydrogens (tertiary/aromatic N) is 2. The normalized spacial score (nSPS) is 28.7. The number of carbonyl (C=O) groups excluding carboxylic acids is 2. The first-order valence-electron chi connectivity index (χ1n) is 9.21. The molecule has 5 atom stereocenters. The summed E-state index contributed by atoms with van der Waals surface area (Å²) in [5.41, 5.74) is 0.747. The first kappa shape index (κ1) is 23.1. The summed E-state index contributed by atoms with van der Waals surface area (Å²) in [5.74, 6) is -0.284. The minimum Gasteiger partial charge on any atom is -0.445 e. The van der Waals surface area contributed by atoms with E-state index in [2.05, 4.69) is 0 Å². The van der Waals surface area contributed by atoms with Crippen molar-refractivity contribution in [3.05, 3.63) is 30.3 Å². The van der Waals surface area contributed by atoms with E-state index in [9.17, 15) is 9.59 Å². The molecule has 2 fully saturated rings. The third-order valence-corrected chi connectivity index (χ3v) is 6.38. The maximum Gasteiger partial charge on any atom is 0.409 e. The van der Waals surface area contributed by atoms with Crippen molar-refractivity contribution in [2.75, 3.05) is 18.6 Å². The zero-order valence-corrected chi connectivity index (χ0v) is 19.4. The lowest BCUT2D eigenvalue weighted by Crippen LogP contribution is -2.52. The maximum atomic E-state index is 13.2. The van der Waals surface area contributed by atoms with E-state index in [1.165, 1.54) is 4.90 Å². The van der Waals surface area contributed by atoms with E-state index < -0.39 is 9.89 Å². The highest BCUT2D eigenvalue weighted by Gasteiger charge is 2.49. The zero-order chi connectivity index (χ0) is 21.3. The summed E-state index contributed by atoms with van der Waals surface area (Å²) in [6, 6.07) is 8.67. The van der Waals surface area contributed by atoms with Gasteiger partial charge in [0.15, 0.2) is 0 Å². The number of anilines is 1. The molecule has 2 aliphatic rings. The number of alkyl halides is 5. The van der Waals surface area contributed by atoms with Crippen LogP contribution in [-0.4, -0.2) is 57.2 Å². The van der Waals surface area contributed by atoms with Gasteiger partial charge in [-0.05, 0) is 31.4 Å². The van der Waals surface area contributed by atoms with E-state index in [-0.39, 0.29) is 41.3 Å². The van der Waals surface area contributed by atoms with Gasteiger partial charge >= 0.3 is 6.09 Å². The summed E-state index contributed by atoms with van der Waals surface area (Å²) in [4.78, 5) is 28.9. The van der Waals surface area contributed by atoms with Gasteiger partial charge in [0.05, 0.1) is 18.0 Å². The fourth-order valence-corrected chi connectivity index (χ4v) is 4.51. The van der Waals surface area contributed by atoms with Gasteiger partial charge in [0.2, 0.25) is 9.70 Å². The summed E-state index contributed by atoms with van der Waals surface area (Å²) in [6.07, 6.45) is 1.05. The van der Waals surface area contributed by atoms with E-state index in [1.807, 2.05) is 30.3 Å². The van der Waals surface area contributed by atoms with E-state index in [0.29, 0.717) is 19.3 Å². The van der Waals surface area contributed by atoms with Crippen LogP contribution in [-0.2, 0) is 9.53 Å². The summed E-state index contributed by atoms with van der Waals surface area (Å²) in [5, 5.41) is -0.356. The Morgan fingerprint density at radius 2 is 1.66 bits per heavy atom. The molecule has 1 aromatic carbocycles. The Balaban J connectivity index is 1.83. The highest BCUT2D eigenvalue weighted by molar-refractivity contribution is 6.67. The lowest BCUT2D eigenvalue weighted by atomic mass is 10.1. The Morgan fingerprint density at radius 1 is 1.07 bits per heavy atom. The molecule has 3 rings (SSSR count). The van der Waals surface area contributed by atoms with Crippen molar-refractivity contribution in [1.82, 2.24) is 4.90 Å². The first-order chi connectivity index (χ1) is 13.6. The quantitative estimate of drug-likeness (QED) is 0.519. The van der Waals surface area contributed by atoms with Gasteiger partial charge in [-0.2, -0.15) is 0 Å². The number of amides is 2. The van der Waals surface area contributed by atoms with E-state index in [1.54, 1.807) is 11.9 Å². The van der Waals surface area contributed by atoms with Crippen molar-refractivity contribution in [2.24, 2.45) is 5.92 Å². The van der Waals surface area contributed by atoms with Gasteiger partial charge in [-0.3, -0.25) is 4.79 Å². The van der Waals surface area contributed by atoms with Gasteiger partial charge in [-0.25, -0.2) is 4.79 Å². The van der Waals surface area contributed by atoms with E-state index in [0.717, 1.165) is 5.69 Å². The summed E-state index contributed by atoms with van der Waals surface area (Å²) < 4.78 is 3.41. The third-order valence-electron chi connectivity index (χ3n) is 5.22. The molecule has 160 valence electrons. The Kier molecular flexibility index (Phi) is 7.38. The van der Waals surface area contributed by atoms with Gasteiger partial charge in [0, 0.05) is 23.5 Å². The molecule has 2 saturated carbocycles. The number of hydrogen-bond donors (Lipinski definition) is 0. The predicted octanol–water partition coefficient (Wildman–Crippen LogP) is 5.22. The van der Waals surface area contributed by atoms with Crippen molar-refractivity contribution in [2.45, 2.75) is 45.9 Å². The maximum absolute atomic E-state index is 13.2. The van der Waals surface area contributed by atoms with Crippen LogP contribution in [0.4, 0.5) is 10.5 Å². The van der Waals surface area contributed by atoms with Gasteiger partial charge in [0.25, 0.3) is 0 Å². The van der Waals surface area contributed by atoms with Crippen LogP contribution in [0.5, 0.6) is 0 Å². The van der Waals surface area contributed by atoms with Gasteiger partial charge in [0.1, 0.15) is 6.61 Å². The lowest BCUT2D eigenvalue weighted by Gasteiger charge is -2.37. The number of halogens is 5. The average molecular weight is 503 g/mol. The molecule has 0 bridgehead atoms. The van der Waals surface area contributed by atoms with E-state index >= 15 is 0 Å². The second-order valence-electron chi connectivity index (χ2n) is 7.39. The van der Waals surface area contributed by atoms with Crippen LogP contribution in [0.3, 0.4) is 0 Å². The molecular weight excluding hydrogens is 481 g/mol. The van der Waals surface area contributed by atoms with Crippen molar-refractivity contribution in [3.8, 4) is 0 Å². The van der Waals surface area contributed by atoms with Crippen LogP contribution >= 0.6 is 58.0 Å². The number of carbonyl (C=O) groups is 2. The monoisotopic (exact) mass is 500 g/mol. The molecule has 0 spiro atoms. The van der Waals surface area contributed by atoms with Crippen LogP contribution in [0.1, 0.15) is 19.3 Å². The van der Waals surface area contributed by atoms with Gasteiger partial charge in [-0.1, -0.05) is 53.0 Å². The Hall–Kier alpha value is -0.590. The van der Waals surface area contributed by atoms with E-state index in [4.69, 9.17) is 62.7 Å². The standard InChI is InChI=1S/C19H21Cl5N2O3/c1-25(18(28)29-10-19(22,23)24)15-7-11(20)8-16(15)26(12-5-3-2-4-6-12)17(27)13-9-14(13)21/h2-6,11,13-16H,7-10H2,1H3/t11?,13-,14-,15?,16?/m0/s1. The minimum absolute atomic E-state index is 0.0555. The van der Waals surface area contributed by atoms with Crippen LogP contribution in [0.25, 0.3) is 0 Å². The van der Waals surface area contributed by atoms with Gasteiger partial charge in [-0.15, -0.1) is 23.2 Å². The highest BCUT2D eigenvalue weighted by atomic mass is 35.6. The first-order valence-corrected chi connectivity index (χ1v) is 11.2. The Morgan fingerprint density at radius 3 is 2.21 bits per heavy atom. The fraction of sp³-hybridized carbons (Fsp3) is 0.579. The fourth-order valence-electron chi connectivity index (χ4n) is 3.68. The molecule has 5 nitrogen and oxygen atoms in total. The number of rotatable bonds is 5.